The summed E-state index contributed by atoms with van der Waals surface area (Å²) < 4.78 is 5.74. The smallest absolute Gasteiger partial charge is 0.0590 e. The van der Waals surface area contributed by atoms with Gasteiger partial charge < -0.3 is 4.74 Å². The van der Waals surface area contributed by atoms with E-state index in [2.05, 4.69) is 5.43 Å². The number of hydrogen-bond donors (Lipinski definition) is 2. The first-order valence-corrected chi connectivity index (χ1v) is 6.46. The number of hydrazine groups is 1. The molecule has 2 aliphatic rings. The topological polar surface area (TPSA) is 47.3 Å². The zero-order chi connectivity index (χ0) is 10.5. The van der Waals surface area contributed by atoms with E-state index >= 15 is 0 Å². The fraction of sp³-hybridized carbons (Fsp3) is 1.00. The van der Waals surface area contributed by atoms with Crippen LogP contribution in [0.15, 0.2) is 0 Å². The Kier molecular flexibility index (Phi) is 4.42. The molecule has 2 unspecified atom stereocenters. The van der Waals surface area contributed by atoms with E-state index in [4.69, 9.17) is 10.6 Å². The van der Waals surface area contributed by atoms with E-state index in [1.165, 1.54) is 44.9 Å². The van der Waals surface area contributed by atoms with Crippen molar-refractivity contribution in [3.8, 4) is 0 Å². The normalized spacial score (nSPS) is 29.0. The molecule has 0 aromatic rings. The summed E-state index contributed by atoms with van der Waals surface area (Å²) in [5.41, 5.74) is 2.95. The van der Waals surface area contributed by atoms with Gasteiger partial charge >= 0.3 is 0 Å². The molecule has 1 aliphatic carbocycles. The lowest BCUT2D eigenvalue weighted by atomic mass is 9.98. The van der Waals surface area contributed by atoms with Crippen molar-refractivity contribution in [2.75, 3.05) is 6.61 Å². The van der Waals surface area contributed by atoms with Crippen molar-refractivity contribution in [1.29, 1.82) is 0 Å². The van der Waals surface area contributed by atoms with Crippen molar-refractivity contribution in [3.05, 3.63) is 0 Å². The molecule has 0 radical (unpaired) electrons. The number of nitrogens with one attached hydrogen (secondary N) is 1. The fourth-order valence-electron chi connectivity index (χ4n) is 2.42. The van der Waals surface area contributed by atoms with Gasteiger partial charge in [0.15, 0.2) is 0 Å². The first-order chi connectivity index (χ1) is 7.38. The van der Waals surface area contributed by atoms with Crippen molar-refractivity contribution in [3.63, 3.8) is 0 Å². The minimum atomic E-state index is 0.457. The van der Waals surface area contributed by atoms with E-state index < -0.39 is 0 Å². The Hall–Kier alpha value is -0.120. The molecule has 0 aromatic carbocycles. The highest BCUT2D eigenvalue weighted by atomic mass is 16.5. The Morgan fingerprint density at radius 3 is 2.73 bits per heavy atom. The van der Waals surface area contributed by atoms with Crippen LogP contribution < -0.4 is 11.3 Å². The third-order valence-corrected chi connectivity index (χ3v) is 3.68. The second kappa shape index (κ2) is 5.83. The lowest BCUT2D eigenvalue weighted by Crippen LogP contribution is -2.39. The molecule has 2 atom stereocenters. The Labute approximate surface area is 92.7 Å². The minimum Gasteiger partial charge on any atom is -0.378 e. The first kappa shape index (κ1) is 11.4. The zero-order valence-electron chi connectivity index (χ0n) is 9.58. The van der Waals surface area contributed by atoms with Crippen LogP contribution in [0.2, 0.25) is 0 Å². The summed E-state index contributed by atoms with van der Waals surface area (Å²) in [4.78, 5) is 0. The standard InChI is InChI=1S/C12H24N2O/c13-14-11(7-6-10-4-5-10)9-12-3-1-2-8-15-12/h10-12,14H,1-9,13H2. The van der Waals surface area contributed by atoms with E-state index in [0.717, 1.165) is 18.9 Å². The molecule has 3 nitrogen and oxygen atoms in total. The van der Waals surface area contributed by atoms with Crippen molar-refractivity contribution in [2.24, 2.45) is 11.8 Å². The molecule has 0 amide bonds. The summed E-state index contributed by atoms with van der Waals surface area (Å²) in [5, 5.41) is 0. The zero-order valence-corrected chi connectivity index (χ0v) is 9.58. The van der Waals surface area contributed by atoms with Gasteiger partial charge in [-0.3, -0.25) is 11.3 Å². The van der Waals surface area contributed by atoms with Crippen LogP contribution in [0.25, 0.3) is 0 Å². The third-order valence-electron chi connectivity index (χ3n) is 3.68. The van der Waals surface area contributed by atoms with Crippen LogP contribution in [-0.4, -0.2) is 18.8 Å². The Balaban J connectivity index is 1.63. The van der Waals surface area contributed by atoms with Crippen molar-refractivity contribution >= 4 is 0 Å². The quantitative estimate of drug-likeness (QED) is 0.523. The predicted molar refractivity (Wildman–Crippen MR) is 61.3 cm³/mol. The Morgan fingerprint density at radius 2 is 2.13 bits per heavy atom. The van der Waals surface area contributed by atoms with Crippen LogP contribution >= 0.6 is 0 Å². The molecule has 1 saturated heterocycles. The molecule has 1 heterocycles. The highest BCUT2D eigenvalue weighted by molar-refractivity contribution is 4.78. The molecule has 2 rings (SSSR count). The Bertz CT molecular complexity index is 176. The SMILES string of the molecule is NNC(CCC1CC1)CC1CCCCO1. The summed E-state index contributed by atoms with van der Waals surface area (Å²) in [7, 11) is 0. The average Bonchev–Trinajstić information content (AvgIpc) is 3.09. The van der Waals surface area contributed by atoms with Crippen molar-refractivity contribution in [2.45, 2.75) is 63.5 Å². The molecule has 1 saturated carbocycles. The monoisotopic (exact) mass is 212 g/mol. The molecular weight excluding hydrogens is 188 g/mol. The van der Waals surface area contributed by atoms with E-state index in [1.807, 2.05) is 0 Å². The first-order valence-electron chi connectivity index (χ1n) is 6.46. The van der Waals surface area contributed by atoms with E-state index in [-0.39, 0.29) is 0 Å². The molecule has 2 fully saturated rings. The van der Waals surface area contributed by atoms with E-state index in [9.17, 15) is 0 Å². The van der Waals surface area contributed by atoms with E-state index in [1.54, 1.807) is 0 Å². The summed E-state index contributed by atoms with van der Waals surface area (Å²) >= 11 is 0. The summed E-state index contributed by atoms with van der Waals surface area (Å²) in [6.07, 6.45) is 10.8. The fourth-order valence-corrected chi connectivity index (χ4v) is 2.42. The van der Waals surface area contributed by atoms with Gasteiger partial charge in [0.1, 0.15) is 0 Å². The molecule has 88 valence electrons. The van der Waals surface area contributed by atoms with Crippen LogP contribution in [-0.2, 0) is 4.74 Å². The van der Waals surface area contributed by atoms with Gasteiger partial charge in [0.05, 0.1) is 6.10 Å². The second-order valence-corrected chi connectivity index (χ2v) is 5.11. The molecule has 0 aromatic heterocycles. The van der Waals surface area contributed by atoms with Crippen LogP contribution in [0, 0.1) is 5.92 Å². The number of ether oxygens (including phenoxy) is 1. The maximum absolute atomic E-state index is 5.74. The molecule has 0 bridgehead atoms. The minimum absolute atomic E-state index is 0.457. The van der Waals surface area contributed by atoms with Gasteiger partial charge in [0, 0.05) is 12.6 Å². The molecule has 3 heteroatoms. The third kappa shape index (κ3) is 4.09. The number of nitrogens with two attached hydrogens (primary N) is 1. The van der Waals surface area contributed by atoms with Gasteiger partial charge in [-0.15, -0.1) is 0 Å². The molecular formula is C12H24N2O. The highest BCUT2D eigenvalue weighted by Gasteiger charge is 2.24. The van der Waals surface area contributed by atoms with Crippen molar-refractivity contribution < 1.29 is 4.74 Å². The lowest BCUT2D eigenvalue weighted by Gasteiger charge is -2.26. The van der Waals surface area contributed by atoms with Crippen molar-refractivity contribution in [1.82, 2.24) is 5.43 Å². The maximum atomic E-state index is 5.74. The predicted octanol–water partition coefficient (Wildman–Crippen LogP) is 1.97. The van der Waals surface area contributed by atoms with Crippen LogP contribution in [0.3, 0.4) is 0 Å². The van der Waals surface area contributed by atoms with Gasteiger partial charge in [0.25, 0.3) is 0 Å². The maximum Gasteiger partial charge on any atom is 0.0590 e. The van der Waals surface area contributed by atoms with Gasteiger partial charge in [-0.25, -0.2) is 0 Å². The summed E-state index contributed by atoms with van der Waals surface area (Å²) in [5.74, 6) is 6.60. The highest BCUT2D eigenvalue weighted by Crippen LogP contribution is 2.34. The van der Waals surface area contributed by atoms with E-state index in [0.29, 0.717) is 12.1 Å². The summed E-state index contributed by atoms with van der Waals surface area (Å²) in [6.45, 7) is 0.949. The second-order valence-electron chi connectivity index (χ2n) is 5.11. The van der Waals surface area contributed by atoms with Crippen LogP contribution in [0.1, 0.15) is 51.4 Å². The average molecular weight is 212 g/mol. The Morgan fingerprint density at radius 1 is 1.27 bits per heavy atom. The van der Waals surface area contributed by atoms with Gasteiger partial charge in [-0.05, 0) is 44.4 Å². The van der Waals surface area contributed by atoms with Gasteiger partial charge in [-0.1, -0.05) is 12.8 Å². The molecule has 15 heavy (non-hydrogen) atoms. The molecule has 0 spiro atoms. The largest absolute Gasteiger partial charge is 0.378 e. The van der Waals surface area contributed by atoms with Crippen LogP contribution in [0.5, 0.6) is 0 Å². The van der Waals surface area contributed by atoms with Gasteiger partial charge in [0.2, 0.25) is 0 Å². The molecule has 3 N–H and O–H groups in total. The lowest BCUT2D eigenvalue weighted by molar-refractivity contribution is 0.00450. The molecule has 1 aliphatic heterocycles. The number of hydrogen-bond acceptors (Lipinski definition) is 3. The number of rotatable bonds is 6. The van der Waals surface area contributed by atoms with Gasteiger partial charge in [-0.2, -0.15) is 0 Å². The summed E-state index contributed by atoms with van der Waals surface area (Å²) in [6, 6.07) is 0.466. The van der Waals surface area contributed by atoms with Crippen LogP contribution in [0.4, 0.5) is 0 Å².